The van der Waals surface area contributed by atoms with E-state index in [1.165, 1.54) is 38.5 Å². The van der Waals surface area contributed by atoms with Crippen LogP contribution in [0.3, 0.4) is 0 Å². The molecular formula is C12H22O. The van der Waals surface area contributed by atoms with Crippen molar-refractivity contribution in [1.29, 1.82) is 0 Å². The first-order valence-electron chi connectivity index (χ1n) is 5.56. The maximum atomic E-state index is 5.46. The summed E-state index contributed by atoms with van der Waals surface area (Å²) in [4.78, 5) is 0. The first-order chi connectivity index (χ1) is 6.38. The number of methoxy groups -OCH3 is 1. The van der Waals surface area contributed by atoms with Crippen LogP contribution < -0.4 is 0 Å². The number of allylic oxidation sites excluding steroid dienone is 2. The van der Waals surface area contributed by atoms with Crippen molar-refractivity contribution in [2.75, 3.05) is 7.11 Å². The van der Waals surface area contributed by atoms with Crippen molar-refractivity contribution in [2.45, 2.75) is 51.6 Å². The summed E-state index contributed by atoms with van der Waals surface area (Å²) in [5.74, 6) is 0.825. The molecule has 1 nitrogen and oxygen atoms in total. The molecule has 0 spiro atoms. The quantitative estimate of drug-likeness (QED) is 0.591. The second-order valence-electron chi connectivity index (χ2n) is 3.92. The third kappa shape index (κ3) is 3.51. The zero-order chi connectivity index (χ0) is 9.52. The fourth-order valence-electron chi connectivity index (χ4n) is 2.24. The number of hydrogen-bond acceptors (Lipinski definition) is 1. The van der Waals surface area contributed by atoms with Crippen molar-refractivity contribution in [3.05, 3.63) is 12.2 Å². The summed E-state index contributed by atoms with van der Waals surface area (Å²) in [5.41, 5.74) is 0. The van der Waals surface area contributed by atoms with E-state index >= 15 is 0 Å². The molecule has 13 heavy (non-hydrogen) atoms. The van der Waals surface area contributed by atoms with Crippen molar-refractivity contribution in [3.8, 4) is 0 Å². The molecule has 0 heterocycles. The lowest BCUT2D eigenvalue weighted by molar-refractivity contribution is 0.0685. The van der Waals surface area contributed by atoms with E-state index in [4.69, 9.17) is 4.74 Å². The Morgan fingerprint density at radius 2 is 2.15 bits per heavy atom. The Hall–Kier alpha value is -0.300. The molecule has 0 N–H and O–H groups in total. The lowest BCUT2D eigenvalue weighted by Crippen LogP contribution is -2.15. The number of ether oxygens (including phenoxy) is 1. The van der Waals surface area contributed by atoms with Crippen molar-refractivity contribution >= 4 is 0 Å². The van der Waals surface area contributed by atoms with Crippen molar-refractivity contribution in [3.63, 3.8) is 0 Å². The molecule has 0 aromatic rings. The predicted octanol–water partition coefficient (Wildman–Crippen LogP) is 3.55. The maximum Gasteiger partial charge on any atom is 0.0599 e. The van der Waals surface area contributed by atoms with Crippen molar-refractivity contribution in [1.82, 2.24) is 0 Å². The van der Waals surface area contributed by atoms with Gasteiger partial charge in [0, 0.05) is 7.11 Å². The van der Waals surface area contributed by atoms with Crippen LogP contribution in [0.15, 0.2) is 12.2 Å². The van der Waals surface area contributed by atoms with Crippen LogP contribution in [0.1, 0.15) is 45.4 Å². The van der Waals surface area contributed by atoms with Crippen LogP contribution in [0, 0.1) is 5.92 Å². The minimum absolute atomic E-state index is 0.551. The zero-order valence-corrected chi connectivity index (χ0v) is 8.96. The van der Waals surface area contributed by atoms with Crippen molar-refractivity contribution in [2.24, 2.45) is 5.92 Å². The van der Waals surface area contributed by atoms with Gasteiger partial charge in [-0.2, -0.15) is 0 Å². The summed E-state index contributed by atoms with van der Waals surface area (Å²) in [5, 5.41) is 0. The third-order valence-corrected chi connectivity index (χ3v) is 3.00. The molecule has 1 aliphatic rings. The Labute approximate surface area is 82.2 Å². The molecule has 0 amide bonds. The van der Waals surface area contributed by atoms with Gasteiger partial charge in [-0.05, 0) is 38.0 Å². The van der Waals surface area contributed by atoms with E-state index in [2.05, 4.69) is 19.1 Å². The molecule has 1 saturated carbocycles. The Kier molecular flexibility index (Phi) is 5.14. The molecule has 0 aromatic heterocycles. The highest BCUT2D eigenvalue weighted by Gasteiger charge is 2.25. The van der Waals surface area contributed by atoms with E-state index < -0.39 is 0 Å². The monoisotopic (exact) mass is 182 g/mol. The largest absolute Gasteiger partial charge is 0.381 e. The normalized spacial score (nSPS) is 28.8. The molecule has 2 unspecified atom stereocenters. The SMILES string of the molecule is CCC=CCCC1CCCC1OC. The third-order valence-electron chi connectivity index (χ3n) is 3.00. The molecule has 76 valence electrons. The van der Waals surface area contributed by atoms with E-state index in [0.717, 1.165) is 5.92 Å². The molecule has 1 heteroatoms. The molecule has 1 fully saturated rings. The minimum Gasteiger partial charge on any atom is -0.381 e. The Morgan fingerprint density at radius 3 is 2.85 bits per heavy atom. The van der Waals surface area contributed by atoms with Gasteiger partial charge in [0.25, 0.3) is 0 Å². The van der Waals surface area contributed by atoms with Crippen LogP contribution >= 0.6 is 0 Å². The molecular weight excluding hydrogens is 160 g/mol. The average Bonchev–Trinajstić information content (AvgIpc) is 2.60. The van der Waals surface area contributed by atoms with Gasteiger partial charge in [0.05, 0.1) is 6.10 Å². The van der Waals surface area contributed by atoms with Gasteiger partial charge in [-0.3, -0.25) is 0 Å². The fourth-order valence-corrected chi connectivity index (χ4v) is 2.24. The molecule has 0 bridgehead atoms. The Balaban J connectivity index is 2.16. The summed E-state index contributed by atoms with van der Waals surface area (Å²) in [7, 11) is 1.85. The topological polar surface area (TPSA) is 9.23 Å². The van der Waals surface area contributed by atoms with Gasteiger partial charge >= 0.3 is 0 Å². The van der Waals surface area contributed by atoms with E-state index in [1.54, 1.807) is 0 Å². The highest BCUT2D eigenvalue weighted by molar-refractivity contribution is 4.84. The zero-order valence-electron chi connectivity index (χ0n) is 8.96. The average molecular weight is 182 g/mol. The van der Waals surface area contributed by atoms with Crippen LogP contribution in [0.5, 0.6) is 0 Å². The highest BCUT2D eigenvalue weighted by atomic mass is 16.5. The lowest BCUT2D eigenvalue weighted by atomic mass is 9.99. The van der Waals surface area contributed by atoms with E-state index in [1.807, 2.05) is 7.11 Å². The lowest BCUT2D eigenvalue weighted by Gasteiger charge is -2.16. The molecule has 0 radical (unpaired) electrons. The van der Waals surface area contributed by atoms with E-state index in [-0.39, 0.29) is 0 Å². The van der Waals surface area contributed by atoms with Gasteiger partial charge in [0.1, 0.15) is 0 Å². The van der Waals surface area contributed by atoms with Gasteiger partial charge in [-0.25, -0.2) is 0 Å². The minimum atomic E-state index is 0.551. The van der Waals surface area contributed by atoms with Gasteiger partial charge in [-0.15, -0.1) is 0 Å². The van der Waals surface area contributed by atoms with Crippen LogP contribution in [-0.4, -0.2) is 13.2 Å². The summed E-state index contributed by atoms with van der Waals surface area (Å²) in [6, 6.07) is 0. The van der Waals surface area contributed by atoms with Crippen LogP contribution in [0.4, 0.5) is 0 Å². The van der Waals surface area contributed by atoms with Gasteiger partial charge < -0.3 is 4.74 Å². The van der Waals surface area contributed by atoms with Crippen LogP contribution in [-0.2, 0) is 4.74 Å². The van der Waals surface area contributed by atoms with Gasteiger partial charge in [0.15, 0.2) is 0 Å². The molecule has 1 rings (SSSR count). The highest BCUT2D eigenvalue weighted by Crippen LogP contribution is 2.31. The standard InChI is InChI=1S/C12H22O/c1-3-4-5-6-8-11-9-7-10-12(11)13-2/h4-5,11-12H,3,6-10H2,1-2H3. The summed E-state index contributed by atoms with van der Waals surface area (Å²) in [6.45, 7) is 2.18. The first-order valence-corrected chi connectivity index (χ1v) is 5.56. The van der Waals surface area contributed by atoms with Crippen LogP contribution in [0.25, 0.3) is 0 Å². The maximum absolute atomic E-state index is 5.46. The summed E-state index contributed by atoms with van der Waals surface area (Å²) >= 11 is 0. The second kappa shape index (κ2) is 6.20. The first kappa shape index (κ1) is 10.8. The van der Waals surface area contributed by atoms with E-state index in [9.17, 15) is 0 Å². The van der Waals surface area contributed by atoms with Gasteiger partial charge in [0.2, 0.25) is 0 Å². The molecule has 0 saturated heterocycles. The predicted molar refractivity (Wildman–Crippen MR) is 56.8 cm³/mol. The van der Waals surface area contributed by atoms with Crippen molar-refractivity contribution < 1.29 is 4.74 Å². The molecule has 0 aromatic carbocycles. The number of hydrogen-bond donors (Lipinski definition) is 0. The van der Waals surface area contributed by atoms with Crippen LogP contribution in [0.2, 0.25) is 0 Å². The molecule has 2 atom stereocenters. The molecule has 1 aliphatic carbocycles. The number of rotatable bonds is 5. The van der Waals surface area contributed by atoms with Gasteiger partial charge in [-0.1, -0.05) is 25.5 Å². The summed E-state index contributed by atoms with van der Waals surface area (Å²) in [6.07, 6.45) is 12.8. The fraction of sp³-hybridized carbons (Fsp3) is 0.833. The summed E-state index contributed by atoms with van der Waals surface area (Å²) < 4.78 is 5.46. The Bertz CT molecular complexity index is 151. The molecule has 0 aliphatic heterocycles. The second-order valence-corrected chi connectivity index (χ2v) is 3.92. The Morgan fingerprint density at radius 1 is 1.31 bits per heavy atom. The van der Waals surface area contributed by atoms with E-state index in [0.29, 0.717) is 6.10 Å². The smallest absolute Gasteiger partial charge is 0.0599 e.